The van der Waals surface area contributed by atoms with Crippen LogP contribution >= 0.6 is 0 Å². The minimum Gasteiger partial charge on any atom is -0.467 e. The Labute approximate surface area is 228 Å². The summed E-state index contributed by atoms with van der Waals surface area (Å²) in [4.78, 5) is 25.3. The maximum Gasteiger partial charge on any atom is 0.410 e. The van der Waals surface area contributed by atoms with Gasteiger partial charge in [-0.15, -0.1) is 0 Å². The van der Waals surface area contributed by atoms with Crippen molar-refractivity contribution in [2.45, 2.75) is 64.8 Å². The summed E-state index contributed by atoms with van der Waals surface area (Å²) in [6.45, 7) is 11.9. The summed E-state index contributed by atoms with van der Waals surface area (Å²) in [5, 5.41) is 5.55. The van der Waals surface area contributed by atoms with E-state index < -0.39 is 17.9 Å². The van der Waals surface area contributed by atoms with Gasteiger partial charge in [-0.2, -0.15) is 15.1 Å². The number of ether oxygens (including phenoxy) is 3. The van der Waals surface area contributed by atoms with E-state index in [4.69, 9.17) is 14.2 Å². The van der Waals surface area contributed by atoms with Crippen LogP contribution < -0.4 is 9.64 Å². The van der Waals surface area contributed by atoms with Crippen molar-refractivity contribution in [2.24, 2.45) is 0 Å². The molecule has 39 heavy (non-hydrogen) atoms. The van der Waals surface area contributed by atoms with Crippen molar-refractivity contribution in [1.82, 2.24) is 24.6 Å². The van der Waals surface area contributed by atoms with Gasteiger partial charge >= 0.3 is 12.1 Å². The van der Waals surface area contributed by atoms with E-state index in [9.17, 15) is 4.79 Å². The van der Waals surface area contributed by atoms with Gasteiger partial charge in [0.1, 0.15) is 17.6 Å². The highest BCUT2D eigenvalue weighted by atomic mass is 19.1. The molecule has 1 aromatic carbocycles. The molecule has 3 atom stereocenters. The molecule has 2 unspecified atom stereocenters. The molecule has 0 N–H and O–H groups in total. The van der Waals surface area contributed by atoms with E-state index in [1.807, 2.05) is 45.9 Å². The molecule has 210 valence electrons. The molecule has 2 aliphatic heterocycles. The van der Waals surface area contributed by atoms with Crippen LogP contribution in [0, 0.1) is 6.92 Å². The molecule has 0 bridgehead atoms. The van der Waals surface area contributed by atoms with Crippen LogP contribution in [0.4, 0.5) is 15.0 Å². The Balaban J connectivity index is 1.46. The van der Waals surface area contributed by atoms with Crippen LogP contribution in [0.25, 0.3) is 16.7 Å². The zero-order valence-corrected chi connectivity index (χ0v) is 23.5. The van der Waals surface area contributed by atoms with Gasteiger partial charge in [0, 0.05) is 30.5 Å². The number of hydrogen-bond acceptors (Lipinski definition) is 8. The third-order valence-electron chi connectivity index (χ3n) is 7.29. The van der Waals surface area contributed by atoms with E-state index in [0.29, 0.717) is 38.5 Å². The smallest absolute Gasteiger partial charge is 0.410 e. The number of morpholine rings is 1. The van der Waals surface area contributed by atoms with E-state index >= 15 is 4.39 Å². The summed E-state index contributed by atoms with van der Waals surface area (Å²) in [5.74, 6) is 0.958. The van der Waals surface area contributed by atoms with Crippen LogP contribution in [0.2, 0.25) is 0 Å². The van der Waals surface area contributed by atoms with Gasteiger partial charge in [-0.25, -0.2) is 13.9 Å². The van der Waals surface area contributed by atoms with Gasteiger partial charge in [0.2, 0.25) is 0 Å². The molecule has 0 aliphatic carbocycles. The number of aromatic nitrogens is 4. The topological polar surface area (TPSA) is 94.8 Å². The number of likely N-dealkylation sites (tertiary alicyclic amines) is 1. The number of fused-ring (bicyclic) bond motifs is 1. The van der Waals surface area contributed by atoms with Crippen molar-refractivity contribution < 1.29 is 23.4 Å². The monoisotopic (exact) mass is 540 g/mol. The number of methoxy groups -OCH3 is 1. The summed E-state index contributed by atoms with van der Waals surface area (Å²) in [6.07, 6.45) is 0.598. The number of carbonyl (C=O) groups excluding carboxylic acids is 1. The van der Waals surface area contributed by atoms with Gasteiger partial charge in [-0.3, -0.25) is 0 Å². The molecule has 2 aliphatic rings. The highest BCUT2D eigenvalue weighted by Crippen LogP contribution is 2.36. The molecule has 4 heterocycles. The SMILES string of the molecule is COc1nc(N2CCOC[C@H]2C)cc(-n2ncc3cc(C)c(C4CCN(C(=O)OC(C)(C)C)CC4F)cc32)n1. The third kappa shape index (κ3) is 5.63. The summed E-state index contributed by atoms with van der Waals surface area (Å²) < 4.78 is 33.8. The molecule has 2 fully saturated rings. The number of halogens is 1. The molecule has 3 aromatic rings. The lowest BCUT2D eigenvalue weighted by Gasteiger charge is -2.36. The number of benzene rings is 1. The van der Waals surface area contributed by atoms with Gasteiger partial charge in [-0.1, -0.05) is 0 Å². The molecule has 0 spiro atoms. The number of hydrogen-bond donors (Lipinski definition) is 0. The second-order valence-corrected chi connectivity index (χ2v) is 11.3. The van der Waals surface area contributed by atoms with Crippen molar-refractivity contribution in [3.8, 4) is 11.8 Å². The van der Waals surface area contributed by atoms with Crippen LogP contribution in [0.15, 0.2) is 24.4 Å². The van der Waals surface area contributed by atoms with Crippen LogP contribution in [-0.4, -0.2) is 88.5 Å². The summed E-state index contributed by atoms with van der Waals surface area (Å²) in [6, 6.07) is 6.33. The minimum atomic E-state index is -1.22. The van der Waals surface area contributed by atoms with Crippen molar-refractivity contribution in [2.75, 3.05) is 44.9 Å². The van der Waals surface area contributed by atoms with E-state index in [0.717, 1.165) is 27.8 Å². The number of nitrogens with zero attached hydrogens (tertiary/aromatic N) is 6. The quantitative estimate of drug-likeness (QED) is 0.480. The Bertz CT molecular complexity index is 1360. The van der Waals surface area contributed by atoms with E-state index in [2.05, 4.69) is 26.9 Å². The molecule has 0 saturated carbocycles. The van der Waals surface area contributed by atoms with E-state index in [1.54, 1.807) is 18.0 Å². The predicted molar refractivity (Wildman–Crippen MR) is 146 cm³/mol. The molecule has 2 aromatic heterocycles. The number of amides is 1. The lowest BCUT2D eigenvalue weighted by atomic mass is 9.85. The maximum atomic E-state index is 15.6. The summed E-state index contributed by atoms with van der Waals surface area (Å²) >= 11 is 0. The van der Waals surface area contributed by atoms with Crippen LogP contribution in [0.3, 0.4) is 0 Å². The number of alkyl halides is 1. The maximum absolute atomic E-state index is 15.6. The van der Waals surface area contributed by atoms with Gasteiger partial charge in [-0.05, 0) is 64.3 Å². The molecule has 0 radical (unpaired) electrons. The van der Waals surface area contributed by atoms with Crippen molar-refractivity contribution in [1.29, 1.82) is 0 Å². The highest BCUT2D eigenvalue weighted by molar-refractivity contribution is 5.82. The predicted octanol–water partition coefficient (Wildman–Crippen LogP) is 4.42. The molecular formula is C28H37FN6O4. The molecule has 2 saturated heterocycles. The summed E-state index contributed by atoms with van der Waals surface area (Å²) in [7, 11) is 1.54. The second-order valence-electron chi connectivity index (χ2n) is 11.3. The Morgan fingerprint density at radius 3 is 2.62 bits per heavy atom. The van der Waals surface area contributed by atoms with E-state index in [1.165, 1.54) is 4.90 Å². The number of piperidine rings is 1. The number of rotatable bonds is 4. The normalized spacial score (nSPS) is 22.3. The fourth-order valence-electron chi connectivity index (χ4n) is 5.35. The number of carbonyl (C=O) groups is 1. The first kappa shape index (κ1) is 27.1. The van der Waals surface area contributed by atoms with Crippen molar-refractivity contribution >= 4 is 22.8 Å². The zero-order valence-electron chi connectivity index (χ0n) is 23.5. The molecule has 1 amide bonds. The molecular weight excluding hydrogens is 503 g/mol. The highest BCUT2D eigenvalue weighted by Gasteiger charge is 2.35. The molecule has 5 rings (SSSR count). The lowest BCUT2D eigenvalue weighted by molar-refractivity contribution is 0.0111. The van der Waals surface area contributed by atoms with Gasteiger partial charge in [0.25, 0.3) is 0 Å². The van der Waals surface area contributed by atoms with Crippen molar-refractivity contribution in [3.63, 3.8) is 0 Å². The number of anilines is 1. The Kier molecular flexibility index (Phi) is 7.37. The van der Waals surface area contributed by atoms with E-state index in [-0.39, 0.29) is 24.5 Å². The van der Waals surface area contributed by atoms with Gasteiger partial charge in [0.15, 0.2) is 5.82 Å². The first-order chi connectivity index (χ1) is 18.5. The number of aryl methyl sites for hydroxylation is 1. The average molecular weight is 541 g/mol. The van der Waals surface area contributed by atoms with Crippen LogP contribution in [0.1, 0.15) is 51.2 Å². The first-order valence-electron chi connectivity index (χ1n) is 13.4. The van der Waals surface area contributed by atoms with Crippen LogP contribution in [-0.2, 0) is 9.47 Å². The van der Waals surface area contributed by atoms with Crippen molar-refractivity contribution in [3.05, 3.63) is 35.5 Å². The standard InChI is InChI=1S/C28H37FN6O4/c1-17-11-19-14-30-35(25-13-24(31-26(32-25)37-6)34-9-10-38-16-18(34)2)23(19)12-21(17)20-7-8-33(15-22(20)29)27(36)39-28(3,4)5/h11-14,18,20,22H,7-10,15-16H2,1-6H3/t18-,20?,22?/m1/s1. The zero-order chi connectivity index (χ0) is 27.9. The lowest BCUT2D eigenvalue weighted by Crippen LogP contribution is -2.46. The summed E-state index contributed by atoms with van der Waals surface area (Å²) in [5.41, 5.74) is 2.09. The van der Waals surface area contributed by atoms with Crippen LogP contribution in [0.5, 0.6) is 6.01 Å². The minimum absolute atomic E-state index is 0.000517. The molecule has 10 nitrogen and oxygen atoms in total. The average Bonchev–Trinajstić information content (AvgIpc) is 3.30. The second kappa shape index (κ2) is 10.6. The third-order valence-corrected chi connectivity index (χ3v) is 7.29. The Hall–Kier alpha value is -3.47. The fourth-order valence-corrected chi connectivity index (χ4v) is 5.35. The first-order valence-corrected chi connectivity index (χ1v) is 13.4. The largest absolute Gasteiger partial charge is 0.467 e. The Morgan fingerprint density at radius 1 is 1.15 bits per heavy atom. The van der Waals surface area contributed by atoms with Gasteiger partial charge in [0.05, 0.1) is 44.6 Å². The molecule has 11 heteroatoms. The Morgan fingerprint density at radius 2 is 1.92 bits per heavy atom. The van der Waals surface area contributed by atoms with Gasteiger partial charge < -0.3 is 24.0 Å². The fraction of sp³-hybridized carbons (Fsp3) is 0.571.